The first-order valence-electron chi connectivity index (χ1n) is 8.68. The van der Waals surface area contributed by atoms with Gasteiger partial charge in [-0.05, 0) is 56.2 Å². The minimum absolute atomic E-state index is 0.0678. The SMILES string of the molecule is CSc1cccc(Nc2ncc(F)cc2C(=O)NC2CCC(N)CC2)c1. The molecule has 5 nitrogen and oxygen atoms in total. The lowest BCUT2D eigenvalue weighted by molar-refractivity contribution is 0.0926. The molecular weight excluding hydrogens is 351 g/mol. The predicted octanol–water partition coefficient (Wildman–Crippen LogP) is 3.69. The number of aromatic nitrogens is 1. The van der Waals surface area contributed by atoms with Crippen molar-refractivity contribution in [2.24, 2.45) is 5.73 Å². The highest BCUT2D eigenvalue weighted by Gasteiger charge is 2.22. The molecule has 2 aromatic rings. The van der Waals surface area contributed by atoms with Crippen LogP contribution in [0, 0.1) is 5.82 Å². The Balaban J connectivity index is 1.77. The second-order valence-electron chi connectivity index (χ2n) is 6.49. The lowest BCUT2D eigenvalue weighted by Crippen LogP contribution is -2.40. The highest BCUT2D eigenvalue weighted by atomic mass is 32.2. The van der Waals surface area contributed by atoms with Gasteiger partial charge in [-0.3, -0.25) is 4.79 Å². The molecule has 1 aliphatic carbocycles. The van der Waals surface area contributed by atoms with Crippen molar-refractivity contribution in [3.63, 3.8) is 0 Å². The number of hydrogen-bond donors (Lipinski definition) is 3. The number of hydrogen-bond acceptors (Lipinski definition) is 5. The van der Waals surface area contributed by atoms with Crippen LogP contribution in [0.5, 0.6) is 0 Å². The molecule has 1 amide bonds. The van der Waals surface area contributed by atoms with Crippen molar-refractivity contribution in [1.82, 2.24) is 10.3 Å². The Morgan fingerprint density at radius 1 is 1.27 bits per heavy atom. The summed E-state index contributed by atoms with van der Waals surface area (Å²) in [6, 6.07) is 9.25. The van der Waals surface area contributed by atoms with E-state index in [1.807, 2.05) is 30.5 Å². The molecule has 0 atom stereocenters. The Bertz CT molecular complexity index is 778. The second kappa shape index (κ2) is 8.51. The number of nitrogens with one attached hydrogen (secondary N) is 2. The van der Waals surface area contributed by atoms with E-state index in [1.54, 1.807) is 11.8 Å². The fraction of sp³-hybridized carbons (Fsp3) is 0.368. The molecule has 26 heavy (non-hydrogen) atoms. The highest BCUT2D eigenvalue weighted by molar-refractivity contribution is 7.98. The maximum Gasteiger partial charge on any atom is 0.255 e. The van der Waals surface area contributed by atoms with Crippen molar-refractivity contribution in [2.75, 3.05) is 11.6 Å². The average Bonchev–Trinajstić information content (AvgIpc) is 2.65. The van der Waals surface area contributed by atoms with Crippen molar-refractivity contribution in [3.8, 4) is 0 Å². The van der Waals surface area contributed by atoms with Crippen LogP contribution in [0.3, 0.4) is 0 Å². The zero-order valence-electron chi connectivity index (χ0n) is 14.7. The van der Waals surface area contributed by atoms with Gasteiger partial charge in [0.25, 0.3) is 5.91 Å². The quantitative estimate of drug-likeness (QED) is 0.696. The number of nitrogens with zero attached hydrogens (tertiary/aromatic N) is 1. The van der Waals surface area contributed by atoms with Gasteiger partial charge in [0.1, 0.15) is 11.6 Å². The summed E-state index contributed by atoms with van der Waals surface area (Å²) in [7, 11) is 0. The van der Waals surface area contributed by atoms with Crippen LogP contribution in [0.4, 0.5) is 15.9 Å². The topological polar surface area (TPSA) is 80.0 Å². The fourth-order valence-electron chi connectivity index (χ4n) is 3.08. The molecule has 0 spiro atoms. The van der Waals surface area contributed by atoms with Crippen LogP contribution in [0.1, 0.15) is 36.0 Å². The lowest BCUT2D eigenvalue weighted by atomic mass is 9.91. The van der Waals surface area contributed by atoms with E-state index < -0.39 is 5.82 Å². The van der Waals surface area contributed by atoms with Crippen LogP contribution < -0.4 is 16.4 Å². The molecular formula is C19H23FN4OS. The summed E-state index contributed by atoms with van der Waals surface area (Å²) < 4.78 is 13.7. The molecule has 138 valence electrons. The molecule has 0 aliphatic heterocycles. The minimum Gasteiger partial charge on any atom is -0.349 e. The summed E-state index contributed by atoms with van der Waals surface area (Å²) in [4.78, 5) is 17.9. The first-order valence-corrected chi connectivity index (χ1v) is 9.90. The van der Waals surface area contributed by atoms with Gasteiger partial charge >= 0.3 is 0 Å². The number of thioether (sulfide) groups is 1. The van der Waals surface area contributed by atoms with E-state index in [2.05, 4.69) is 15.6 Å². The van der Waals surface area contributed by atoms with Crippen molar-refractivity contribution in [1.29, 1.82) is 0 Å². The predicted molar refractivity (Wildman–Crippen MR) is 103 cm³/mol. The molecule has 7 heteroatoms. The minimum atomic E-state index is -0.538. The lowest BCUT2D eigenvalue weighted by Gasteiger charge is -2.27. The van der Waals surface area contributed by atoms with Crippen molar-refractivity contribution < 1.29 is 9.18 Å². The molecule has 3 rings (SSSR count). The number of nitrogens with two attached hydrogens (primary N) is 1. The number of rotatable bonds is 5. The first-order chi connectivity index (χ1) is 12.5. The number of carbonyl (C=O) groups is 1. The molecule has 0 saturated heterocycles. The molecule has 0 bridgehead atoms. The molecule has 4 N–H and O–H groups in total. The van der Waals surface area contributed by atoms with E-state index in [9.17, 15) is 9.18 Å². The number of amides is 1. The van der Waals surface area contributed by atoms with E-state index in [0.29, 0.717) is 5.82 Å². The third kappa shape index (κ3) is 4.74. The maximum absolute atomic E-state index is 13.7. The van der Waals surface area contributed by atoms with Gasteiger partial charge in [0.2, 0.25) is 0 Å². The normalized spacial score (nSPS) is 19.8. The molecule has 1 saturated carbocycles. The molecule has 1 aromatic carbocycles. The van der Waals surface area contributed by atoms with Crippen molar-refractivity contribution >= 4 is 29.2 Å². The standard InChI is InChI=1S/C19H23FN4OS/c1-26-16-4-2-3-15(10-16)23-18-17(9-12(20)11-22-18)19(25)24-14-7-5-13(21)6-8-14/h2-4,9-11,13-14H,5-8,21H2,1H3,(H,22,23)(H,24,25). The summed E-state index contributed by atoms with van der Waals surface area (Å²) in [5, 5.41) is 6.11. The summed E-state index contributed by atoms with van der Waals surface area (Å²) in [5.74, 6) is -0.514. The number of halogens is 1. The van der Waals surface area contributed by atoms with Crippen LogP contribution in [-0.2, 0) is 0 Å². The summed E-state index contributed by atoms with van der Waals surface area (Å²) in [5.41, 5.74) is 6.91. The van der Waals surface area contributed by atoms with E-state index >= 15 is 0 Å². The van der Waals surface area contributed by atoms with Crippen LogP contribution >= 0.6 is 11.8 Å². The van der Waals surface area contributed by atoms with E-state index in [1.165, 1.54) is 6.07 Å². The fourth-order valence-corrected chi connectivity index (χ4v) is 3.54. The van der Waals surface area contributed by atoms with E-state index in [4.69, 9.17) is 5.73 Å². The Kier molecular flexibility index (Phi) is 6.11. The van der Waals surface area contributed by atoms with Gasteiger partial charge in [-0.1, -0.05) is 6.07 Å². The van der Waals surface area contributed by atoms with Crippen LogP contribution in [-0.4, -0.2) is 29.2 Å². The molecule has 1 aromatic heterocycles. The molecule has 0 unspecified atom stereocenters. The van der Waals surface area contributed by atoms with Gasteiger partial charge in [0, 0.05) is 22.7 Å². The van der Waals surface area contributed by atoms with Gasteiger partial charge < -0.3 is 16.4 Å². The van der Waals surface area contributed by atoms with Gasteiger partial charge in [-0.2, -0.15) is 0 Å². The smallest absolute Gasteiger partial charge is 0.255 e. The van der Waals surface area contributed by atoms with Crippen molar-refractivity contribution in [2.45, 2.75) is 42.7 Å². The summed E-state index contributed by atoms with van der Waals surface area (Å²) in [6.45, 7) is 0. The zero-order valence-corrected chi connectivity index (χ0v) is 15.5. The largest absolute Gasteiger partial charge is 0.349 e. The maximum atomic E-state index is 13.7. The van der Waals surface area contributed by atoms with Crippen LogP contribution in [0.25, 0.3) is 0 Å². The van der Waals surface area contributed by atoms with Crippen LogP contribution in [0.2, 0.25) is 0 Å². The van der Waals surface area contributed by atoms with E-state index in [-0.39, 0.29) is 23.6 Å². The van der Waals surface area contributed by atoms with Crippen LogP contribution in [0.15, 0.2) is 41.4 Å². The summed E-state index contributed by atoms with van der Waals surface area (Å²) >= 11 is 1.62. The first kappa shape index (κ1) is 18.7. The number of benzene rings is 1. The van der Waals surface area contributed by atoms with Crippen molar-refractivity contribution in [3.05, 3.63) is 47.9 Å². The Morgan fingerprint density at radius 2 is 2.04 bits per heavy atom. The molecule has 1 aliphatic rings. The Hall–Kier alpha value is -2.12. The molecule has 1 heterocycles. The van der Waals surface area contributed by atoms with Gasteiger partial charge in [-0.25, -0.2) is 9.37 Å². The van der Waals surface area contributed by atoms with E-state index in [0.717, 1.165) is 42.5 Å². The third-order valence-electron chi connectivity index (χ3n) is 4.54. The van der Waals surface area contributed by atoms with Gasteiger partial charge in [0.05, 0.1) is 11.8 Å². The van der Waals surface area contributed by atoms with Gasteiger partial charge in [0.15, 0.2) is 0 Å². The highest BCUT2D eigenvalue weighted by Crippen LogP contribution is 2.24. The third-order valence-corrected chi connectivity index (χ3v) is 5.26. The molecule has 1 fully saturated rings. The molecule has 0 radical (unpaired) electrons. The summed E-state index contributed by atoms with van der Waals surface area (Å²) in [6.07, 6.45) is 6.56. The second-order valence-corrected chi connectivity index (χ2v) is 7.37. The Labute approximate surface area is 157 Å². The number of carbonyl (C=O) groups excluding carboxylic acids is 1. The number of pyridine rings is 1. The zero-order chi connectivity index (χ0) is 18.5. The number of anilines is 2. The Morgan fingerprint density at radius 3 is 2.77 bits per heavy atom. The monoisotopic (exact) mass is 374 g/mol. The van der Waals surface area contributed by atoms with Gasteiger partial charge in [-0.15, -0.1) is 11.8 Å². The average molecular weight is 374 g/mol.